The molecule has 116 valence electrons. The first-order chi connectivity index (χ1) is 9.00. The summed E-state index contributed by atoms with van der Waals surface area (Å²) < 4.78 is 28.3. The first kappa shape index (κ1) is 17.4. The third-order valence-corrected chi connectivity index (χ3v) is 4.87. The Morgan fingerprint density at radius 1 is 1.35 bits per heavy atom. The summed E-state index contributed by atoms with van der Waals surface area (Å²) in [7, 11) is -3.44. The molecular weight excluding hydrogens is 300 g/mol. The highest BCUT2D eigenvalue weighted by atomic mass is 35.5. The molecule has 1 aliphatic heterocycles. The molecule has 6 nitrogen and oxygen atoms in total. The van der Waals surface area contributed by atoms with E-state index in [9.17, 15) is 8.42 Å². The second-order valence-electron chi connectivity index (χ2n) is 5.31. The van der Waals surface area contributed by atoms with E-state index in [-0.39, 0.29) is 17.4 Å². The maximum absolute atomic E-state index is 12.5. The van der Waals surface area contributed by atoms with Crippen LogP contribution in [-0.4, -0.2) is 48.5 Å². The van der Waals surface area contributed by atoms with Gasteiger partial charge in [-0.2, -0.15) is 4.31 Å². The number of sulfonamides is 1. The molecule has 20 heavy (non-hydrogen) atoms. The molecule has 1 aliphatic rings. The Labute approximate surface area is 127 Å². The lowest BCUT2D eigenvalue weighted by Crippen LogP contribution is -2.34. The highest BCUT2D eigenvalue weighted by Crippen LogP contribution is 2.15. The second-order valence-corrected chi connectivity index (χ2v) is 7.19. The van der Waals surface area contributed by atoms with E-state index in [4.69, 9.17) is 0 Å². The predicted molar refractivity (Wildman–Crippen MR) is 80.6 cm³/mol. The minimum Gasteiger partial charge on any atom is -0.336 e. The fraction of sp³-hybridized carbons (Fsp3) is 0.750. The summed E-state index contributed by atoms with van der Waals surface area (Å²) in [6, 6.07) is 0. The van der Waals surface area contributed by atoms with Gasteiger partial charge in [0.05, 0.1) is 6.33 Å². The molecule has 0 atom stereocenters. The van der Waals surface area contributed by atoms with Gasteiger partial charge < -0.3 is 9.88 Å². The standard InChI is InChI=1S/C12H22N4O2S.ClH/c1-11(2)8-15-9-12(14-10-15)19(17,18)16-6-3-4-13-5-7-16;/h9-11,13H,3-8H2,1-2H3;1H. The number of aromatic nitrogens is 2. The lowest BCUT2D eigenvalue weighted by atomic mass is 10.2. The smallest absolute Gasteiger partial charge is 0.262 e. The van der Waals surface area contributed by atoms with Crippen molar-refractivity contribution in [1.82, 2.24) is 19.2 Å². The zero-order chi connectivity index (χ0) is 13.9. The van der Waals surface area contributed by atoms with E-state index in [1.165, 1.54) is 4.31 Å². The Bertz CT molecular complexity index is 507. The molecule has 2 rings (SSSR count). The molecule has 0 aliphatic carbocycles. The molecule has 0 unspecified atom stereocenters. The van der Waals surface area contributed by atoms with Gasteiger partial charge in [-0.05, 0) is 18.9 Å². The van der Waals surface area contributed by atoms with Crippen LogP contribution in [-0.2, 0) is 16.6 Å². The fourth-order valence-corrected chi connectivity index (χ4v) is 3.60. The van der Waals surface area contributed by atoms with Crippen LogP contribution in [0.1, 0.15) is 20.3 Å². The first-order valence-electron chi connectivity index (χ1n) is 6.73. The number of hydrogen-bond donors (Lipinski definition) is 1. The minimum atomic E-state index is -3.44. The molecule has 0 spiro atoms. The van der Waals surface area contributed by atoms with Crippen molar-refractivity contribution in [3.8, 4) is 0 Å². The molecule has 1 aromatic heterocycles. The molecule has 1 saturated heterocycles. The van der Waals surface area contributed by atoms with Crippen LogP contribution >= 0.6 is 12.4 Å². The number of imidazole rings is 1. The molecule has 1 N–H and O–H groups in total. The van der Waals surface area contributed by atoms with Crippen molar-refractivity contribution < 1.29 is 8.42 Å². The summed E-state index contributed by atoms with van der Waals surface area (Å²) >= 11 is 0. The van der Waals surface area contributed by atoms with Gasteiger partial charge in [0.25, 0.3) is 10.0 Å². The molecule has 0 radical (unpaired) electrons. The molecule has 1 fully saturated rings. The zero-order valence-corrected chi connectivity index (χ0v) is 13.6. The lowest BCUT2D eigenvalue weighted by molar-refractivity contribution is 0.429. The van der Waals surface area contributed by atoms with Gasteiger partial charge in [0.2, 0.25) is 0 Å². The zero-order valence-electron chi connectivity index (χ0n) is 11.9. The van der Waals surface area contributed by atoms with Crippen LogP contribution in [0.3, 0.4) is 0 Å². The van der Waals surface area contributed by atoms with Crippen LogP contribution in [0.15, 0.2) is 17.6 Å². The van der Waals surface area contributed by atoms with E-state index in [0.717, 1.165) is 19.5 Å². The van der Waals surface area contributed by atoms with Crippen molar-refractivity contribution in [2.24, 2.45) is 5.92 Å². The highest BCUT2D eigenvalue weighted by molar-refractivity contribution is 7.89. The topological polar surface area (TPSA) is 67.2 Å². The molecule has 2 heterocycles. The number of hydrogen-bond acceptors (Lipinski definition) is 4. The monoisotopic (exact) mass is 322 g/mol. The normalized spacial score (nSPS) is 17.8. The summed E-state index contributed by atoms with van der Waals surface area (Å²) in [5.74, 6) is 0.465. The van der Waals surface area contributed by atoms with E-state index in [1.807, 2.05) is 4.57 Å². The van der Waals surface area contributed by atoms with Crippen molar-refractivity contribution in [3.63, 3.8) is 0 Å². The third-order valence-electron chi connectivity index (χ3n) is 3.09. The average Bonchev–Trinajstić information content (AvgIpc) is 2.64. The van der Waals surface area contributed by atoms with Crippen molar-refractivity contribution >= 4 is 22.4 Å². The van der Waals surface area contributed by atoms with E-state index in [1.54, 1.807) is 12.5 Å². The second kappa shape index (κ2) is 7.40. The van der Waals surface area contributed by atoms with Crippen LogP contribution < -0.4 is 5.32 Å². The minimum absolute atomic E-state index is 0. The summed E-state index contributed by atoms with van der Waals surface area (Å²) in [4.78, 5) is 4.06. The van der Waals surface area contributed by atoms with Crippen LogP contribution in [0.25, 0.3) is 0 Å². The average molecular weight is 323 g/mol. The Hall–Kier alpha value is -0.630. The fourth-order valence-electron chi connectivity index (χ4n) is 2.19. The maximum Gasteiger partial charge on any atom is 0.262 e. The Morgan fingerprint density at radius 2 is 2.10 bits per heavy atom. The Balaban J connectivity index is 0.00000200. The van der Waals surface area contributed by atoms with Gasteiger partial charge in [0.15, 0.2) is 5.03 Å². The van der Waals surface area contributed by atoms with Crippen molar-refractivity contribution in [2.75, 3.05) is 26.2 Å². The summed E-state index contributed by atoms with van der Waals surface area (Å²) in [6.07, 6.45) is 4.07. The molecule has 8 heteroatoms. The molecule has 0 bridgehead atoms. The van der Waals surface area contributed by atoms with E-state index < -0.39 is 10.0 Å². The summed E-state index contributed by atoms with van der Waals surface area (Å²) in [5.41, 5.74) is 0. The van der Waals surface area contributed by atoms with Gasteiger partial charge in [0.1, 0.15) is 0 Å². The Kier molecular flexibility index (Phi) is 6.44. The Morgan fingerprint density at radius 3 is 2.80 bits per heavy atom. The SMILES string of the molecule is CC(C)Cn1cnc(S(=O)(=O)N2CCCNCC2)c1.Cl. The number of nitrogens with one attached hydrogen (secondary N) is 1. The van der Waals surface area contributed by atoms with Gasteiger partial charge >= 0.3 is 0 Å². The van der Waals surface area contributed by atoms with E-state index >= 15 is 0 Å². The van der Waals surface area contributed by atoms with Gasteiger partial charge in [0, 0.05) is 32.4 Å². The van der Waals surface area contributed by atoms with Crippen molar-refractivity contribution in [3.05, 3.63) is 12.5 Å². The largest absolute Gasteiger partial charge is 0.336 e. The number of nitrogens with zero attached hydrogens (tertiary/aromatic N) is 3. The van der Waals surface area contributed by atoms with Gasteiger partial charge in [-0.3, -0.25) is 0 Å². The molecular formula is C12H23ClN4O2S. The first-order valence-corrected chi connectivity index (χ1v) is 8.17. The molecule has 0 amide bonds. The van der Waals surface area contributed by atoms with Crippen LogP contribution in [0.4, 0.5) is 0 Å². The van der Waals surface area contributed by atoms with Gasteiger partial charge in [-0.25, -0.2) is 13.4 Å². The summed E-state index contributed by atoms with van der Waals surface area (Å²) in [5, 5.41) is 3.36. The van der Waals surface area contributed by atoms with Crippen LogP contribution in [0.2, 0.25) is 0 Å². The summed E-state index contributed by atoms with van der Waals surface area (Å²) in [6.45, 7) is 7.61. The van der Waals surface area contributed by atoms with Crippen LogP contribution in [0, 0.1) is 5.92 Å². The predicted octanol–water partition coefficient (Wildman–Crippen LogP) is 0.945. The van der Waals surface area contributed by atoms with Gasteiger partial charge in [-0.15, -0.1) is 12.4 Å². The number of rotatable bonds is 4. The van der Waals surface area contributed by atoms with Crippen molar-refractivity contribution in [1.29, 1.82) is 0 Å². The maximum atomic E-state index is 12.5. The molecule has 0 aromatic carbocycles. The van der Waals surface area contributed by atoms with Crippen LogP contribution in [0.5, 0.6) is 0 Å². The lowest BCUT2D eigenvalue weighted by Gasteiger charge is -2.17. The van der Waals surface area contributed by atoms with Gasteiger partial charge in [-0.1, -0.05) is 13.8 Å². The number of halogens is 1. The van der Waals surface area contributed by atoms with Crippen molar-refractivity contribution in [2.45, 2.75) is 31.8 Å². The molecule has 1 aromatic rings. The quantitative estimate of drug-likeness (QED) is 0.896. The molecule has 0 saturated carbocycles. The third kappa shape index (κ3) is 4.18. The highest BCUT2D eigenvalue weighted by Gasteiger charge is 2.27. The van der Waals surface area contributed by atoms with E-state index in [0.29, 0.717) is 25.6 Å². The van der Waals surface area contributed by atoms with E-state index in [2.05, 4.69) is 24.1 Å².